The first-order valence-corrected chi connectivity index (χ1v) is 2.77. The Balaban J connectivity index is 0. The standard InChI is InChI=1S/C6H6.BH3O3.H2O/c1-2-4-6-5-3-1;2-1(3)4;/h1-6H;2-4H;1H2. The highest BCUT2D eigenvalue weighted by molar-refractivity contribution is 6.30. The minimum Gasteiger partial charge on any atom is -0.412 e. The van der Waals surface area contributed by atoms with Crippen molar-refractivity contribution in [2.45, 2.75) is 0 Å². The number of rotatable bonds is 0. The summed E-state index contributed by atoms with van der Waals surface area (Å²) in [4.78, 5) is 0. The van der Waals surface area contributed by atoms with E-state index in [2.05, 4.69) is 0 Å². The molecule has 5 N–H and O–H groups in total. The van der Waals surface area contributed by atoms with Crippen molar-refractivity contribution in [3.05, 3.63) is 36.4 Å². The van der Waals surface area contributed by atoms with Gasteiger partial charge < -0.3 is 20.5 Å². The first-order valence-electron chi connectivity index (χ1n) is 2.77. The van der Waals surface area contributed by atoms with Crippen molar-refractivity contribution in [3.8, 4) is 0 Å². The molecule has 1 aromatic rings. The molecule has 0 aliphatic heterocycles. The summed E-state index contributed by atoms with van der Waals surface area (Å²) in [5.41, 5.74) is 0. The van der Waals surface area contributed by atoms with E-state index in [1.54, 1.807) is 0 Å². The molecule has 62 valence electrons. The molecule has 0 heterocycles. The topological polar surface area (TPSA) is 92.2 Å². The predicted octanol–water partition coefficient (Wildman–Crippen LogP) is -1.19. The summed E-state index contributed by atoms with van der Waals surface area (Å²) in [5, 5.41) is 21.5. The Morgan fingerprint density at radius 1 is 0.636 bits per heavy atom. The Morgan fingerprint density at radius 3 is 0.818 bits per heavy atom. The molecule has 0 fully saturated rings. The molecule has 1 rings (SSSR count). The van der Waals surface area contributed by atoms with Gasteiger partial charge >= 0.3 is 7.32 Å². The summed E-state index contributed by atoms with van der Waals surface area (Å²) in [6.45, 7) is 0. The molecule has 0 spiro atoms. The molecule has 0 saturated heterocycles. The highest BCUT2D eigenvalue weighted by Gasteiger charge is 1.92. The zero-order valence-electron chi connectivity index (χ0n) is 5.88. The molecule has 1 aromatic carbocycles. The Labute approximate surface area is 65.2 Å². The van der Waals surface area contributed by atoms with Crippen LogP contribution in [-0.4, -0.2) is 27.9 Å². The average Bonchev–Trinajstić information content (AvgIpc) is 1.90. The SMILES string of the molecule is O.OB(O)O.c1ccccc1. The molecule has 0 aliphatic rings. The van der Waals surface area contributed by atoms with E-state index in [0.29, 0.717) is 0 Å². The zero-order chi connectivity index (χ0) is 7.82. The molecule has 5 heteroatoms. The molecule has 11 heavy (non-hydrogen) atoms. The van der Waals surface area contributed by atoms with Crippen molar-refractivity contribution in [1.29, 1.82) is 0 Å². The average molecular weight is 158 g/mol. The second-order valence-electron chi connectivity index (χ2n) is 1.50. The molecule has 0 amide bonds. The van der Waals surface area contributed by atoms with Crippen molar-refractivity contribution < 1.29 is 20.5 Å². The maximum atomic E-state index is 7.17. The van der Waals surface area contributed by atoms with Gasteiger partial charge in [-0.05, 0) is 0 Å². The first-order chi connectivity index (χ1) is 4.73. The van der Waals surface area contributed by atoms with Gasteiger partial charge in [-0.1, -0.05) is 36.4 Å². The van der Waals surface area contributed by atoms with Gasteiger partial charge in [-0.3, -0.25) is 0 Å². The Morgan fingerprint density at radius 2 is 0.727 bits per heavy atom. The van der Waals surface area contributed by atoms with E-state index in [1.807, 2.05) is 36.4 Å². The molecule has 0 bridgehead atoms. The van der Waals surface area contributed by atoms with Crippen LogP contribution in [0.4, 0.5) is 0 Å². The lowest BCUT2D eigenvalue weighted by Gasteiger charge is -1.69. The van der Waals surface area contributed by atoms with Gasteiger partial charge in [0, 0.05) is 0 Å². The van der Waals surface area contributed by atoms with Gasteiger partial charge in [0.1, 0.15) is 0 Å². The van der Waals surface area contributed by atoms with Crippen LogP contribution >= 0.6 is 0 Å². The van der Waals surface area contributed by atoms with Gasteiger partial charge in [0.2, 0.25) is 0 Å². The van der Waals surface area contributed by atoms with Gasteiger partial charge in [-0.2, -0.15) is 0 Å². The van der Waals surface area contributed by atoms with E-state index in [-0.39, 0.29) is 5.48 Å². The maximum absolute atomic E-state index is 7.17. The summed E-state index contributed by atoms with van der Waals surface area (Å²) < 4.78 is 0. The fourth-order valence-electron chi connectivity index (χ4n) is 0.385. The molecule has 0 saturated carbocycles. The maximum Gasteiger partial charge on any atom is 0.631 e. The van der Waals surface area contributed by atoms with E-state index >= 15 is 0 Å². The molecule has 0 atom stereocenters. The quantitative estimate of drug-likeness (QED) is 0.414. The highest BCUT2D eigenvalue weighted by Crippen LogP contribution is 1.79. The lowest BCUT2D eigenvalue weighted by molar-refractivity contribution is 0.278. The molecular weight excluding hydrogens is 147 g/mol. The van der Waals surface area contributed by atoms with Crippen molar-refractivity contribution >= 4 is 7.32 Å². The summed E-state index contributed by atoms with van der Waals surface area (Å²) in [6.07, 6.45) is 0. The lowest BCUT2D eigenvalue weighted by atomic mass is 10.3. The number of hydrogen-bond acceptors (Lipinski definition) is 3. The van der Waals surface area contributed by atoms with Crippen LogP contribution in [0.1, 0.15) is 0 Å². The minimum atomic E-state index is -2.17. The van der Waals surface area contributed by atoms with Crippen molar-refractivity contribution in [2.75, 3.05) is 0 Å². The van der Waals surface area contributed by atoms with Gasteiger partial charge in [0.25, 0.3) is 0 Å². The van der Waals surface area contributed by atoms with Crippen LogP contribution < -0.4 is 0 Å². The van der Waals surface area contributed by atoms with Gasteiger partial charge in [0.05, 0.1) is 0 Å². The third-order valence-electron chi connectivity index (χ3n) is 0.667. The van der Waals surface area contributed by atoms with Crippen LogP contribution in [0, 0.1) is 0 Å². The van der Waals surface area contributed by atoms with Crippen molar-refractivity contribution in [2.24, 2.45) is 0 Å². The fourth-order valence-corrected chi connectivity index (χ4v) is 0.385. The minimum absolute atomic E-state index is 0. The van der Waals surface area contributed by atoms with Crippen LogP contribution in [0.25, 0.3) is 0 Å². The highest BCUT2D eigenvalue weighted by atomic mass is 16.5. The fraction of sp³-hybridized carbons (Fsp3) is 0. The largest absolute Gasteiger partial charge is 0.631 e. The van der Waals surface area contributed by atoms with Crippen molar-refractivity contribution in [3.63, 3.8) is 0 Å². The Kier molecular flexibility index (Phi) is 10.6. The predicted molar refractivity (Wildman–Crippen MR) is 42.5 cm³/mol. The second kappa shape index (κ2) is 9.12. The van der Waals surface area contributed by atoms with E-state index in [4.69, 9.17) is 15.1 Å². The van der Waals surface area contributed by atoms with Crippen LogP contribution in [-0.2, 0) is 0 Å². The summed E-state index contributed by atoms with van der Waals surface area (Å²) in [6, 6.07) is 12.0. The van der Waals surface area contributed by atoms with Crippen molar-refractivity contribution in [1.82, 2.24) is 0 Å². The van der Waals surface area contributed by atoms with Crippen LogP contribution in [0.5, 0.6) is 0 Å². The monoisotopic (exact) mass is 158 g/mol. The van der Waals surface area contributed by atoms with Crippen LogP contribution in [0.2, 0.25) is 0 Å². The second-order valence-corrected chi connectivity index (χ2v) is 1.50. The van der Waals surface area contributed by atoms with E-state index < -0.39 is 7.32 Å². The van der Waals surface area contributed by atoms with Gasteiger partial charge in [-0.15, -0.1) is 0 Å². The summed E-state index contributed by atoms with van der Waals surface area (Å²) in [7, 11) is -2.17. The molecule has 4 nitrogen and oxygen atoms in total. The molecule has 0 aliphatic carbocycles. The summed E-state index contributed by atoms with van der Waals surface area (Å²) >= 11 is 0. The van der Waals surface area contributed by atoms with E-state index in [9.17, 15) is 0 Å². The normalized spacial score (nSPS) is 6.82. The van der Waals surface area contributed by atoms with E-state index in [0.717, 1.165) is 0 Å². The first kappa shape index (κ1) is 12.8. The molecular formula is C6H11BO4. The van der Waals surface area contributed by atoms with Crippen LogP contribution in [0.15, 0.2) is 36.4 Å². The number of hydrogen-bond donors (Lipinski definition) is 3. The third-order valence-corrected chi connectivity index (χ3v) is 0.667. The Hall–Kier alpha value is -0.875. The van der Waals surface area contributed by atoms with Crippen LogP contribution in [0.3, 0.4) is 0 Å². The Bertz CT molecular complexity index is 115. The molecule has 0 aromatic heterocycles. The summed E-state index contributed by atoms with van der Waals surface area (Å²) in [5.74, 6) is 0. The van der Waals surface area contributed by atoms with E-state index in [1.165, 1.54) is 0 Å². The lowest BCUT2D eigenvalue weighted by Crippen LogP contribution is -2.07. The zero-order valence-corrected chi connectivity index (χ0v) is 5.88. The van der Waals surface area contributed by atoms with Gasteiger partial charge in [0.15, 0.2) is 0 Å². The third kappa shape index (κ3) is 17.6. The number of benzene rings is 1. The van der Waals surface area contributed by atoms with Gasteiger partial charge in [-0.25, -0.2) is 0 Å². The molecule has 0 radical (unpaired) electrons. The smallest absolute Gasteiger partial charge is 0.412 e. The molecule has 0 unspecified atom stereocenters.